The number of nitrogens with one attached hydrogen (secondary N) is 1. The lowest BCUT2D eigenvalue weighted by molar-refractivity contribution is -0.131. The highest BCUT2D eigenvalue weighted by Gasteiger charge is 2.26. The van der Waals surface area contributed by atoms with Crippen LogP contribution in [0.5, 0.6) is 0 Å². The summed E-state index contributed by atoms with van der Waals surface area (Å²) in [4.78, 5) is 16.3. The number of carbonyl (C=O) groups excluding carboxylic acids is 1. The average Bonchev–Trinajstić information content (AvgIpc) is 2.72. The van der Waals surface area contributed by atoms with E-state index in [9.17, 15) is 17.6 Å². The molecule has 1 fully saturated rings. The molecule has 2 aliphatic rings. The van der Waals surface area contributed by atoms with Crippen molar-refractivity contribution >= 4 is 33.1 Å². The maximum Gasteiger partial charge on any atom is 0.286 e. The fourth-order valence-electron chi connectivity index (χ4n) is 3.56. The Morgan fingerprint density at radius 3 is 2.48 bits per heavy atom. The number of amidine groups is 1. The van der Waals surface area contributed by atoms with Gasteiger partial charge in [-0.05, 0) is 24.3 Å². The second-order valence-electron chi connectivity index (χ2n) is 6.95. The van der Waals surface area contributed by atoms with Gasteiger partial charge in [-0.2, -0.15) is 8.42 Å². The van der Waals surface area contributed by atoms with Gasteiger partial charge < -0.3 is 15.1 Å². The molecule has 1 N–H and O–H groups in total. The Kier molecular flexibility index (Phi) is 5.23. The molecule has 2 heterocycles. The lowest BCUT2D eigenvalue weighted by atomic mass is 10.2. The Balaban J connectivity index is 1.33. The van der Waals surface area contributed by atoms with Crippen molar-refractivity contribution in [2.24, 2.45) is 4.40 Å². The molecule has 1 amide bonds. The normalized spacial score (nSPS) is 17.9. The fraction of sp³-hybridized carbons (Fsp3) is 0.300. The van der Waals surface area contributed by atoms with E-state index in [1.54, 1.807) is 41.3 Å². The number of hydrogen-bond donors (Lipinski definition) is 1. The van der Waals surface area contributed by atoms with Crippen molar-refractivity contribution in [3.05, 3.63) is 54.3 Å². The molecule has 1 saturated heterocycles. The predicted molar refractivity (Wildman–Crippen MR) is 109 cm³/mol. The first kappa shape index (κ1) is 19.4. The van der Waals surface area contributed by atoms with Crippen molar-refractivity contribution in [3.8, 4) is 0 Å². The zero-order valence-corrected chi connectivity index (χ0v) is 16.5. The van der Waals surface area contributed by atoms with Gasteiger partial charge in [0.05, 0.1) is 11.4 Å². The van der Waals surface area contributed by atoms with Gasteiger partial charge in [-0.1, -0.05) is 24.3 Å². The van der Waals surface area contributed by atoms with Gasteiger partial charge >= 0.3 is 0 Å². The number of amides is 1. The van der Waals surface area contributed by atoms with E-state index in [-0.39, 0.29) is 35.3 Å². The van der Waals surface area contributed by atoms with Crippen LogP contribution in [0.4, 0.5) is 15.8 Å². The molecule has 0 bridgehead atoms. The lowest BCUT2D eigenvalue weighted by Gasteiger charge is -2.36. The second-order valence-corrected chi connectivity index (χ2v) is 8.53. The Labute approximate surface area is 168 Å². The minimum absolute atomic E-state index is 0.0704. The number of nitrogens with zero attached hydrogens (tertiary/aromatic N) is 3. The second kappa shape index (κ2) is 7.82. The smallest absolute Gasteiger partial charge is 0.286 e. The summed E-state index contributed by atoms with van der Waals surface area (Å²) in [6.07, 6.45) is 0.364. The van der Waals surface area contributed by atoms with Crippen LogP contribution in [0.25, 0.3) is 0 Å². The summed E-state index contributed by atoms with van der Waals surface area (Å²) >= 11 is 0. The molecule has 152 valence electrons. The van der Waals surface area contributed by atoms with Crippen molar-refractivity contribution in [3.63, 3.8) is 0 Å². The third-order valence-corrected chi connectivity index (χ3v) is 6.45. The van der Waals surface area contributed by atoms with E-state index in [1.165, 1.54) is 12.1 Å². The van der Waals surface area contributed by atoms with E-state index in [1.807, 2.05) is 4.90 Å². The molecule has 2 aliphatic heterocycles. The predicted octanol–water partition coefficient (Wildman–Crippen LogP) is 2.47. The largest absolute Gasteiger partial charge is 0.366 e. The van der Waals surface area contributed by atoms with E-state index >= 15 is 0 Å². The summed E-state index contributed by atoms with van der Waals surface area (Å²) < 4.78 is 42.3. The number of halogens is 1. The van der Waals surface area contributed by atoms with Crippen LogP contribution >= 0.6 is 0 Å². The molecule has 0 spiro atoms. The van der Waals surface area contributed by atoms with Crippen molar-refractivity contribution in [2.75, 3.05) is 36.4 Å². The minimum atomic E-state index is -3.75. The fourth-order valence-corrected chi connectivity index (χ4v) is 4.74. The number of para-hydroxylation sites is 2. The van der Waals surface area contributed by atoms with Gasteiger partial charge in [-0.15, -0.1) is 4.40 Å². The molecule has 0 aromatic heterocycles. The summed E-state index contributed by atoms with van der Waals surface area (Å²) in [6.45, 7) is 2.09. The Morgan fingerprint density at radius 2 is 1.72 bits per heavy atom. The molecule has 7 nitrogen and oxygen atoms in total. The van der Waals surface area contributed by atoms with Gasteiger partial charge in [-0.3, -0.25) is 4.79 Å². The zero-order valence-electron chi connectivity index (χ0n) is 15.7. The van der Waals surface area contributed by atoms with E-state index in [0.717, 1.165) is 0 Å². The van der Waals surface area contributed by atoms with E-state index in [2.05, 4.69) is 9.71 Å². The van der Waals surface area contributed by atoms with Gasteiger partial charge in [0.2, 0.25) is 5.91 Å². The molecule has 2 aromatic carbocycles. The molecule has 9 heteroatoms. The number of hydrogen-bond acceptors (Lipinski definition) is 5. The van der Waals surface area contributed by atoms with Crippen LogP contribution in [0.3, 0.4) is 0 Å². The number of rotatable bonds is 4. The Bertz CT molecular complexity index is 1060. The number of anilines is 2. The molecule has 2 aromatic rings. The van der Waals surface area contributed by atoms with Gasteiger partial charge in [0.1, 0.15) is 16.5 Å². The molecule has 0 radical (unpaired) electrons. The van der Waals surface area contributed by atoms with Crippen LogP contribution in [-0.2, 0) is 14.8 Å². The molecule has 0 atom stereocenters. The SMILES string of the molecule is O=C(CCC1=NS(=O)(=O)c2ccccc2N1)N1CCN(c2ccccc2F)CC1. The zero-order chi connectivity index (χ0) is 20.4. The van der Waals surface area contributed by atoms with Crippen LogP contribution in [-0.4, -0.2) is 51.2 Å². The number of piperazine rings is 1. The highest BCUT2D eigenvalue weighted by molar-refractivity contribution is 7.90. The number of benzene rings is 2. The molecule has 0 aliphatic carbocycles. The maximum absolute atomic E-state index is 13.9. The van der Waals surface area contributed by atoms with Gasteiger partial charge in [0.25, 0.3) is 10.0 Å². The monoisotopic (exact) mass is 416 g/mol. The van der Waals surface area contributed by atoms with Crippen molar-refractivity contribution in [2.45, 2.75) is 17.7 Å². The third kappa shape index (κ3) is 4.09. The third-order valence-electron chi connectivity index (χ3n) is 5.08. The van der Waals surface area contributed by atoms with E-state index < -0.39 is 10.0 Å². The topological polar surface area (TPSA) is 82.1 Å². The van der Waals surface area contributed by atoms with Crippen LogP contribution in [0, 0.1) is 5.82 Å². The first-order valence-electron chi connectivity index (χ1n) is 9.41. The first-order valence-corrected chi connectivity index (χ1v) is 10.9. The van der Waals surface area contributed by atoms with Crippen LogP contribution in [0.1, 0.15) is 12.8 Å². The van der Waals surface area contributed by atoms with Crippen LogP contribution in [0.2, 0.25) is 0 Å². The standard InChI is InChI=1S/C20H21FN4O3S/c21-15-5-1-3-7-17(15)24-11-13-25(14-12-24)20(26)10-9-19-22-16-6-2-4-8-18(16)29(27,28)23-19/h1-8H,9-14H2,(H,22,23). The summed E-state index contributed by atoms with van der Waals surface area (Å²) in [7, 11) is -3.75. The molecular formula is C20H21FN4O3S. The van der Waals surface area contributed by atoms with Crippen LogP contribution < -0.4 is 10.2 Å². The van der Waals surface area contributed by atoms with Gasteiger partial charge in [0, 0.05) is 39.0 Å². The summed E-state index contributed by atoms with van der Waals surface area (Å²) in [5.41, 5.74) is 1.02. The molecule has 4 rings (SSSR count). The van der Waals surface area contributed by atoms with E-state index in [0.29, 0.717) is 37.6 Å². The van der Waals surface area contributed by atoms with Crippen molar-refractivity contribution in [1.29, 1.82) is 0 Å². The minimum Gasteiger partial charge on any atom is -0.366 e. The molecule has 29 heavy (non-hydrogen) atoms. The first-order chi connectivity index (χ1) is 13.9. The summed E-state index contributed by atoms with van der Waals surface area (Å²) in [5, 5.41) is 3.00. The van der Waals surface area contributed by atoms with Gasteiger partial charge in [-0.25, -0.2) is 4.39 Å². The van der Waals surface area contributed by atoms with Crippen molar-refractivity contribution < 1.29 is 17.6 Å². The summed E-state index contributed by atoms with van der Waals surface area (Å²) in [6, 6.07) is 13.2. The number of carbonyl (C=O) groups is 1. The molecule has 0 unspecified atom stereocenters. The van der Waals surface area contributed by atoms with Crippen LogP contribution in [0.15, 0.2) is 57.8 Å². The Morgan fingerprint density at radius 1 is 1.03 bits per heavy atom. The number of sulfonamides is 1. The van der Waals surface area contributed by atoms with Crippen molar-refractivity contribution in [1.82, 2.24) is 4.90 Å². The average molecular weight is 416 g/mol. The maximum atomic E-state index is 13.9. The summed E-state index contributed by atoms with van der Waals surface area (Å²) in [5.74, 6) is -0.0730. The van der Waals surface area contributed by atoms with E-state index in [4.69, 9.17) is 0 Å². The van der Waals surface area contributed by atoms with Gasteiger partial charge in [0.15, 0.2) is 0 Å². The highest BCUT2D eigenvalue weighted by atomic mass is 32.2. The molecular weight excluding hydrogens is 395 g/mol. The highest BCUT2D eigenvalue weighted by Crippen LogP contribution is 2.27. The lowest BCUT2D eigenvalue weighted by Crippen LogP contribution is -2.49. The quantitative estimate of drug-likeness (QED) is 0.828. The molecule has 0 saturated carbocycles. The Hall–Kier alpha value is -2.94. The number of fused-ring (bicyclic) bond motifs is 1.